The average Bonchev–Trinajstić information content (AvgIpc) is 3.02. The molecule has 0 aliphatic rings. The second kappa shape index (κ2) is 15.8. The Morgan fingerprint density at radius 1 is 0.884 bits per heavy atom. The number of ether oxygens (including phenoxy) is 3. The molecule has 43 heavy (non-hydrogen) atoms. The highest BCUT2D eigenvalue weighted by Gasteiger charge is 2.33. The van der Waals surface area contributed by atoms with Crippen LogP contribution in [0.25, 0.3) is 0 Å². The summed E-state index contributed by atoms with van der Waals surface area (Å²) in [5.74, 6) is 0.361. The highest BCUT2D eigenvalue weighted by molar-refractivity contribution is 7.92. The van der Waals surface area contributed by atoms with Gasteiger partial charge in [0.15, 0.2) is 11.5 Å². The highest BCUT2D eigenvalue weighted by atomic mass is 32.2. The van der Waals surface area contributed by atoms with E-state index in [9.17, 15) is 18.0 Å². The lowest BCUT2D eigenvalue weighted by Crippen LogP contribution is -2.53. The molecule has 0 fully saturated rings. The number of hydrogen-bond acceptors (Lipinski definition) is 7. The third-order valence-electron chi connectivity index (χ3n) is 6.88. The first-order chi connectivity index (χ1) is 20.7. The largest absolute Gasteiger partial charge is 0.494 e. The molecule has 232 valence electrons. The van der Waals surface area contributed by atoms with Crippen LogP contribution < -0.4 is 23.8 Å². The van der Waals surface area contributed by atoms with E-state index >= 15 is 0 Å². The summed E-state index contributed by atoms with van der Waals surface area (Å²) in [6, 6.07) is 19.6. The van der Waals surface area contributed by atoms with Crippen molar-refractivity contribution in [3.05, 3.63) is 78.4 Å². The molecule has 0 saturated heterocycles. The molecule has 3 rings (SSSR count). The molecular weight excluding hydrogens is 570 g/mol. The molecule has 10 nitrogen and oxygen atoms in total. The fraction of sp³-hybridized carbons (Fsp3) is 0.375. The van der Waals surface area contributed by atoms with Crippen molar-refractivity contribution in [2.45, 2.75) is 44.6 Å². The number of likely N-dealkylation sites (N-methyl/N-ethyl adjacent to an activating group) is 1. The summed E-state index contributed by atoms with van der Waals surface area (Å²) in [5.41, 5.74) is 1.26. The minimum Gasteiger partial charge on any atom is -0.494 e. The quantitative estimate of drug-likeness (QED) is 0.257. The number of sulfonamides is 1. The Bertz CT molecular complexity index is 1450. The molecule has 0 unspecified atom stereocenters. The number of benzene rings is 3. The molecule has 2 amide bonds. The Kier molecular flexibility index (Phi) is 12.2. The molecule has 0 aliphatic carbocycles. The topological polar surface area (TPSA) is 114 Å². The average molecular weight is 612 g/mol. The number of hydrogen-bond donors (Lipinski definition) is 1. The second-order valence-corrected chi connectivity index (χ2v) is 11.5. The first-order valence-electron chi connectivity index (χ1n) is 14.3. The highest BCUT2D eigenvalue weighted by Crippen LogP contribution is 2.33. The van der Waals surface area contributed by atoms with Gasteiger partial charge in [0, 0.05) is 19.2 Å². The van der Waals surface area contributed by atoms with Crippen LogP contribution in [0.1, 0.15) is 32.8 Å². The maximum Gasteiger partial charge on any atom is 0.264 e. The predicted molar refractivity (Wildman–Crippen MR) is 166 cm³/mol. The van der Waals surface area contributed by atoms with Crippen molar-refractivity contribution in [3.8, 4) is 17.2 Å². The summed E-state index contributed by atoms with van der Waals surface area (Å²) in [6.07, 6.45) is 0.853. The van der Waals surface area contributed by atoms with Gasteiger partial charge in [-0.1, -0.05) is 37.3 Å². The Morgan fingerprint density at radius 3 is 2.14 bits per heavy atom. The molecule has 3 aromatic rings. The molecular formula is C32H41N3O7S. The van der Waals surface area contributed by atoms with Gasteiger partial charge in [0.25, 0.3) is 10.0 Å². The van der Waals surface area contributed by atoms with Crippen molar-refractivity contribution in [2.24, 2.45) is 0 Å². The van der Waals surface area contributed by atoms with Crippen LogP contribution in [0.4, 0.5) is 5.69 Å². The van der Waals surface area contributed by atoms with Gasteiger partial charge in [-0.05, 0) is 68.7 Å². The van der Waals surface area contributed by atoms with E-state index in [1.807, 2.05) is 51.1 Å². The van der Waals surface area contributed by atoms with Crippen LogP contribution in [0.5, 0.6) is 17.2 Å². The summed E-state index contributed by atoms with van der Waals surface area (Å²) in [6.45, 7) is 6.03. The molecule has 0 aliphatic heterocycles. The Balaban J connectivity index is 2.06. The fourth-order valence-corrected chi connectivity index (χ4v) is 6.13. The van der Waals surface area contributed by atoms with Crippen LogP contribution in [0.2, 0.25) is 0 Å². The summed E-state index contributed by atoms with van der Waals surface area (Å²) in [4.78, 5) is 28.5. The third kappa shape index (κ3) is 8.41. The smallest absolute Gasteiger partial charge is 0.264 e. The van der Waals surface area contributed by atoms with Gasteiger partial charge in [-0.25, -0.2) is 8.42 Å². The van der Waals surface area contributed by atoms with E-state index < -0.39 is 28.5 Å². The van der Waals surface area contributed by atoms with Crippen LogP contribution in [-0.2, 0) is 26.0 Å². The standard InChI is InChI=1S/C32H41N3O7S/c1-6-28(32(37)33-7-2)34(21-20-24-12-10-9-11-13-24)31(36)23-35(25-14-16-26(17-15-25)42-8-3)43(38,39)27-18-19-29(40-4)30(22-27)41-5/h9-19,22,28H,6-8,20-21,23H2,1-5H3,(H,33,37)/t28-/m0/s1. The molecule has 3 aromatic carbocycles. The van der Waals surface area contributed by atoms with Gasteiger partial charge >= 0.3 is 0 Å². The van der Waals surface area contributed by atoms with E-state index in [0.717, 1.165) is 9.87 Å². The molecule has 0 spiro atoms. The lowest BCUT2D eigenvalue weighted by atomic mass is 10.1. The molecule has 0 heterocycles. The summed E-state index contributed by atoms with van der Waals surface area (Å²) >= 11 is 0. The van der Waals surface area contributed by atoms with Gasteiger partial charge in [0.1, 0.15) is 18.3 Å². The first-order valence-corrected chi connectivity index (χ1v) is 15.7. The number of nitrogens with zero attached hydrogens (tertiary/aromatic N) is 2. The maximum atomic E-state index is 14.2. The van der Waals surface area contributed by atoms with Gasteiger partial charge in [0.05, 0.1) is 31.4 Å². The summed E-state index contributed by atoms with van der Waals surface area (Å²) in [7, 11) is -1.41. The predicted octanol–water partition coefficient (Wildman–Crippen LogP) is 4.28. The van der Waals surface area contributed by atoms with Crippen molar-refractivity contribution >= 4 is 27.5 Å². The Labute approximate surface area is 254 Å². The Hall–Kier alpha value is -4.25. The molecule has 1 N–H and O–H groups in total. The van der Waals surface area contributed by atoms with E-state index in [1.165, 1.54) is 37.3 Å². The van der Waals surface area contributed by atoms with Crippen molar-refractivity contribution in [3.63, 3.8) is 0 Å². The van der Waals surface area contributed by atoms with E-state index in [0.29, 0.717) is 37.5 Å². The summed E-state index contributed by atoms with van der Waals surface area (Å²) < 4.78 is 45.6. The fourth-order valence-electron chi connectivity index (χ4n) is 4.70. The SMILES string of the molecule is CCNC(=O)[C@H](CC)N(CCc1ccccc1)C(=O)CN(c1ccc(OCC)cc1)S(=O)(=O)c1ccc(OC)c(OC)c1. The zero-order chi connectivity index (χ0) is 31.4. The number of rotatable bonds is 16. The van der Waals surface area contributed by atoms with Gasteiger partial charge in [-0.3, -0.25) is 13.9 Å². The van der Waals surface area contributed by atoms with Gasteiger partial charge < -0.3 is 24.4 Å². The van der Waals surface area contributed by atoms with Crippen molar-refractivity contribution < 1.29 is 32.2 Å². The number of methoxy groups -OCH3 is 2. The van der Waals surface area contributed by atoms with E-state index in [1.54, 1.807) is 24.3 Å². The lowest BCUT2D eigenvalue weighted by molar-refractivity contribution is -0.139. The van der Waals surface area contributed by atoms with Crippen molar-refractivity contribution in [1.82, 2.24) is 10.2 Å². The zero-order valence-electron chi connectivity index (χ0n) is 25.4. The molecule has 11 heteroatoms. The van der Waals surface area contributed by atoms with Crippen LogP contribution in [-0.4, -0.2) is 71.6 Å². The molecule has 0 saturated carbocycles. The van der Waals surface area contributed by atoms with Gasteiger partial charge in [-0.15, -0.1) is 0 Å². The summed E-state index contributed by atoms with van der Waals surface area (Å²) in [5, 5.41) is 2.81. The van der Waals surface area contributed by atoms with Crippen molar-refractivity contribution in [2.75, 3.05) is 44.8 Å². The van der Waals surface area contributed by atoms with Crippen LogP contribution in [0.15, 0.2) is 77.7 Å². The molecule has 0 radical (unpaired) electrons. The van der Waals surface area contributed by atoms with E-state index in [-0.39, 0.29) is 28.8 Å². The number of amides is 2. The van der Waals surface area contributed by atoms with Gasteiger partial charge in [0.2, 0.25) is 11.8 Å². The Morgan fingerprint density at radius 2 is 1.56 bits per heavy atom. The second-order valence-electron chi connectivity index (χ2n) is 9.60. The molecule has 1 atom stereocenters. The molecule has 0 bridgehead atoms. The first kappa shape index (κ1) is 33.3. The van der Waals surface area contributed by atoms with Crippen molar-refractivity contribution in [1.29, 1.82) is 0 Å². The van der Waals surface area contributed by atoms with E-state index in [4.69, 9.17) is 14.2 Å². The number of nitrogens with one attached hydrogen (secondary N) is 1. The van der Waals surface area contributed by atoms with Crippen LogP contribution in [0.3, 0.4) is 0 Å². The minimum atomic E-state index is -4.29. The number of anilines is 1. The third-order valence-corrected chi connectivity index (χ3v) is 8.65. The molecule has 0 aromatic heterocycles. The minimum absolute atomic E-state index is 0.0848. The van der Waals surface area contributed by atoms with Crippen LogP contribution in [0, 0.1) is 0 Å². The number of carbonyl (C=O) groups excluding carboxylic acids is 2. The van der Waals surface area contributed by atoms with Gasteiger partial charge in [-0.2, -0.15) is 0 Å². The monoisotopic (exact) mass is 611 g/mol. The normalized spacial score (nSPS) is 11.7. The maximum absolute atomic E-state index is 14.2. The lowest BCUT2D eigenvalue weighted by Gasteiger charge is -2.33. The zero-order valence-corrected chi connectivity index (χ0v) is 26.2. The van der Waals surface area contributed by atoms with E-state index in [2.05, 4.69) is 5.32 Å². The van der Waals surface area contributed by atoms with Crippen LogP contribution >= 0.6 is 0 Å². The number of carbonyl (C=O) groups is 2.